The van der Waals surface area contributed by atoms with Crippen LogP contribution in [0.1, 0.15) is 86.8 Å². The third kappa shape index (κ3) is 5.92. The molecule has 0 fully saturated rings. The Labute approximate surface area is 298 Å². The molecule has 2 heteroatoms. The van der Waals surface area contributed by atoms with Gasteiger partial charge in [-0.3, -0.25) is 0 Å². The summed E-state index contributed by atoms with van der Waals surface area (Å²) in [6, 6.07) is 27.8. The number of rotatable bonds is 7. The third-order valence-electron chi connectivity index (χ3n) is 11.4. The van der Waals surface area contributed by atoms with Crippen molar-refractivity contribution < 1.29 is 0 Å². The Morgan fingerprint density at radius 1 is 0.660 bits per heavy atom. The zero-order chi connectivity index (χ0) is 33.3. The highest BCUT2D eigenvalue weighted by Crippen LogP contribution is 2.50. The predicted octanol–water partition coefficient (Wildman–Crippen LogP) is 12.8. The Kier molecular flexibility index (Phi) is 8.46. The van der Waals surface area contributed by atoms with Crippen molar-refractivity contribution in [3.8, 4) is 0 Å². The van der Waals surface area contributed by atoms with Gasteiger partial charge in [-0.1, -0.05) is 103 Å². The van der Waals surface area contributed by atoms with Gasteiger partial charge >= 0.3 is 0 Å². The number of nitrogens with zero attached hydrogens (tertiary/aromatic N) is 2. The first-order valence-corrected chi connectivity index (χ1v) is 18.9. The number of para-hydroxylation sites is 1. The van der Waals surface area contributed by atoms with Crippen LogP contribution in [-0.2, 0) is 0 Å². The lowest BCUT2D eigenvalue weighted by atomic mass is 9.83. The number of allylic oxidation sites excluding steroid dienone is 15. The number of hydrogen-bond donors (Lipinski definition) is 0. The molecular formula is C48H46N2. The summed E-state index contributed by atoms with van der Waals surface area (Å²) in [5, 5.41) is 0. The number of fused-ring (bicyclic) bond motifs is 3. The topological polar surface area (TPSA) is 6.48 Å². The average molecular weight is 651 g/mol. The van der Waals surface area contributed by atoms with Crippen molar-refractivity contribution in [2.75, 3.05) is 9.80 Å². The Bertz CT molecular complexity index is 2060. The van der Waals surface area contributed by atoms with Gasteiger partial charge in [0.25, 0.3) is 0 Å². The summed E-state index contributed by atoms with van der Waals surface area (Å²) in [5.41, 5.74) is 16.5. The number of benzene rings is 3. The predicted molar refractivity (Wildman–Crippen MR) is 212 cm³/mol. The van der Waals surface area contributed by atoms with Crippen molar-refractivity contribution in [1.82, 2.24) is 0 Å². The molecule has 6 aliphatic rings. The van der Waals surface area contributed by atoms with Crippen molar-refractivity contribution in [3.05, 3.63) is 185 Å². The van der Waals surface area contributed by atoms with E-state index in [0.717, 1.165) is 44.9 Å². The normalized spacial score (nSPS) is 22.4. The van der Waals surface area contributed by atoms with Crippen LogP contribution in [0.3, 0.4) is 0 Å². The van der Waals surface area contributed by atoms with E-state index in [4.69, 9.17) is 0 Å². The van der Waals surface area contributed by atoms with Crippen LogP contribution in [0.2, 0.25) is 0 Å². The molecule has 0 bridgehead atoms. The highest BCUT2D eigenvalue weighted by Gasteiger charge is 2.37. The van der Waals surface area contributed by atoms with Crippen LogP contribution in [0.25, 0.3) is 11.1 Å². The molecule has 2 atom stereocenters. The minimum atomic E-state index is 0.328. The molecule has 2 nitrogen and oxygen atoms in total. The van der Waals surface area contributed by atoms with Crippen LogP contribution < -0.4 is 9.80 Å². The van der Waals surface area contributed by atoms with E-state index >= 15 is 0 Å². The maximum atomic E-state index is 2.66. The molecule has 5 aliphatic carbocycles. The van der Waals surface area contributed by atoms with E-state index in [2.05, 4.69) is 156 Å². The van der Waals surface area contributed by atoms with Gasteiger partial charge in [0.2, 0.25) is 0 Å². The second kappa shape index (κ2) is 13.7. The summed E-state index contributed by atoms with van der Waals surface area (Å²) in [6.45, 7) is 0. The van der Waals surface area contributed by atoms with Crippen LogP contribution in [-0.4, -0.2) is 6.04 Å². The summed E-state index contributed by atoms with van der Waals surface area (Å²) >= 11 is 0. The number of anilines is 3. The van der Waals surface area contributed by atoms with Crippen molar-refractivity contribution in [2.45, 2.75) is 76.2 Å². The van der Waals surface area contributed by atoms with Gasteiger partial charge in [0.15, 0.2) is 0 Å². The van der Waals surface area contributed by atoms with E-state index in [1.54, 1.807) is 0 Å². The first kappa shape index (κ1) is 30.9. The summed E-state index contributed by atoms with van der Waals surface area (Å²) in [6.07, 6.45) is 39.6. The minimum absolute atomic E-state index is 0.328. The molecule has 9 rings (SSSR count). The first-order chi connectivity index (χ1) is 24.8. The fourth-order valence-corrected chi connectivity index (χ4v) is 8.80. The Hall–Kier alpha value is -5.08. The molecule has 50 heavy (non-hydrogen) atoms. The largest absolute Gasteiger partial charge is 0.337 e. The molecule has 0 radical (unpaired) electrons. The van der Waals surface area contributed by atoms with Crippen LogP contribution >= 0.6 is 0 Å². The fourth-order valence-electron chi connectivity index (χ4n) is 8.80. The second-order valence-corrected chi connectivity index (χ2v) is 14.5. The lowest BCUT2D eigenvalue weighted by Crippen LogP contribution is -2.32. The van der Waals surface area contributed by atoms with Crippen LogP contribution in [0, 0.1) is 0 Å². The van der Waals surface area contributed by atoms with Crippen molar-refractivity contribution in [1.29, 1.82) is 0 Å². The molecule has 0 spiro atoms. The Balaban J connectivity index is 1.03. The maximum absolute atomic E-state index is 2.66. The van der Waals surface area contributed by atoms with E-state index in [-0.39, 0.29) is 0 Å². The van der Waals surface area contributed by atoms with Gasteiger partial charge in [-0.15, -0.1) is 0 Å². The summed E-state index contributed by atoms with van der Waals surface area (Å²) < 4.78 is 0. The lowest BCUT2D eigenvalue weighted by Gasteiger charge is -2.33. The second-order valence-electron chi connectivity index (χ2n) is 14.5. The minimum Gasteiger partial charge on any atom is -0.337 e. The molecule has 3 aromatic carbocycles. The monoisotopic (exact) mass is 650 g/mol. The maximum Gasteiger partial charge on any atom is 0.0630 e. The van der Waals surface area contributed by atoms with E-state index < -0.39 is 0 Å². The quantitative estimate of drug-likeness (QED) is 0.235. The summed E-state index contributed by atoms with van der Waals surface area (Å²) in [5.74, 6) is 0.680. The standard InChI is InChI=1S/C48H46N2/c1-5-13-35(14-6-1)36-21-23-37(24-22-36)38-25-27-39(28-26-38)40-29-32-47-46(33-40)45-31-30-44(34-48(45)50(47)43-19-11-4-12-20-43)49(41-15-7-2-8-16-41)42-17-9-3-10-18-42/h1-2,4-5,7-9,11,15-19,21-25,27,29-31,33-35,47H,3,6,10,12-14,20,26,28,32H2. The van der Waals surface area contributed by atoms with Crippen molar-refractivity contribution >= 4 is 28.2 Å². The fraction of sp³-hybridized carbons (Fsp3) is 0.250. The Morgan fingerprint density at radius 3 is 2.30 bits per heavy atom. The lowest BCUT2D eigenvalue weighted by molar-refractivity contribution is 0.617. The van der Waals surface area contributed by atoms with E-state index in [1.807, 2.05) is 0 Å². The molecule has 2 unspecified atom stereocenters. The molecular weight excluding hydrogens is 605 g/mol. The van der Waals surface area contributed by atoms with Gasteiger partial charge in [-0.05, 0) is 146 Å². The van der Waals surface area contributed by atoms with Crippen LogP contribution in [0.4, 0.5) is 17.1 Å². The van der Waals surface area contributed by atoms with Crippen LogP contribution in [0.15, 0.2) is 168 Å². The number of hydrogen-bond acceptors (Lipinski definition) is 2. The molecule has 0 amide bonds. The van der Waals surface area contributed by atoms with Gasteiger partial charge in [-0.2, -0.15) is 0 Å². The van der Waals surface area contributed by atoms with Gasteiger partial charge in [-0.25, -0.2) is 0 Å². The average Bonchev–Trinajstić information content (AvgIpc) is 3.53. The Morgan fingerprint density at radius 2 is 1.54 bits per heavy atom. The SMILES string of the molecule is C1=CCCC(N2c3cc(N(C4=CCCC=C4)c4ccccc4)ccc3C3=CC(C4=CC=C(c5ccc(C6CC=CCC6)cc5)CC4)=CCC32)=C1. The third-order valence-corrected chi connectivity index (χ3v) is 11.4. The zero-order valence-corrected chi connectivity index (χ0v) is 29.0. The molecule has 0 saturated heterocycles. The van der Waals surface area contributed by atoms with Gasteiger partial charge in [0.1, 0.15) is 0 Å². The van der Waals surface area contributed by atoms with Gasteiger partial charge in [0.05, 0.1) is 11.7 Å². The van der Waals surface area contributed by atoms with Crippen LogP contribution in [0.5, 0.6) is 0 Å². The smallest absolute Gasteiger partial charge is 0.0630 e. The zero-order valence-electron chi connectivity index (χ0n) is 29.0. The summed E-state index contributed by atoms with van der Waals surface area (Å²) in [7, 11) is 0. The highest BCUT2D eigenvalue weighted by molar-refractivity contribution is 5.94. The van der Waals surface area contributed by atoms with E-state index in [9.17, 15) is 0 Å². The van der Waals surface area contributed by atoms with E-state index in [1.165, 1.54) is 86.7 Å². The molecule has 1 aliphatic heterocycles. The van der Waals surface area contributed by atoms with Gasteiger partial charge < -0.3 is 9.80 Å². The molecule has 248 valence electrons. The summed E-state index contributed by atoms with van der Waals surface area (Å²) in [4.78, 5) is 5.09. The molecule has 0 aromatic heterocycles. The van der Waals surface area contributed by atoms with E-state index in [0.29, 0.717) is 12.0 Å². The highest BCUT2D eigenvalue weighted by atomic mass is 15.2. The van der Waals surface area contributed by atoms with Crippen molar-refractivity contribution in [3.63, 3.8) is 0 Å². The van der Waals surface area contributed by atoms with Crippen molar-refractivity contribution in [2.24, 2.45) is 0 Å². The van der Waals surface area contributed by atoms with Gasteiger partial charge in [0, 0.05) is 28.3 Å². The molecule has 0 saturated carbocycles. The molecule has 3 aromatic rings. The molecule has 1 heterocycles. The molecule has 0 N–H and O–H groups in total. The first-order valence-electron chi connectivity index (χ1n) is 18.9.